The van der Waals surface area contributed by atoms with Crippen LogP contribution in [0.1, 0.15) is 71.5 Å². The number of hydrogen-bond acceptors (Lipinski definition) is 4. The molecule has 3 atom stereocenters. The first kappa shape index (κ1) is 23.7. The highest BCUT2D eigenvalue weighted by Crippen LogP contribution is 2.49. The fraction of sp³-hybridized carbons (Fsp3) is 0.467. The molecule has 6 rings (SSSR count). The maximum absolute atomic E-state index is 13.3. The molecule has 1 N–H and O–H groups in total. The topological polar surface area (TPSA) is 91.0 Å². The molecule has 3 aromatic rings. The molecule has 1 saturated heterocycles. The van der Waals surface area contributed by atoms with Crippen LogP contribution in [0.15, 0.2) is 36.7 Å². The van der Waals surface area contributed by atoms with Crippen molar-refractivity contribution in [3.05, 3.63) is 58.9 Å². The predicted molar refractivity (Wildman–Crippen MR) is 142 cm³/mol. The standard InChI is InChI=1S/C30H33N5O2/c1-18-26(33-29(36)23-5-3-4-20(13-23)15-31)16-32-28-27(18)25(17-34(28)2)21-8-10-35(11-9-21)30(37)24-14-19-6-7-22(24)12-19/h3-5,13,16-17,19,21-22,24H,6-12,14H2,1-2H3,(H,33,36)/t19?,22-,24?/m0/s1. The molecule has 7 nitrogen and oxygen atoms in total. The number of carbonyl (C=O) groups excluding carboxylic acids is 2. The smallest absolute Gasteiger partial charge is 0.255 e. The number of rotatable bonds is 4. The quantitative estimate of drug-likeness (QED) is 0.542. The van der Waals surface area contributed by atoms with Crippen molar-refractivity contribution in [1.29, 1.82) is 5.26 Å². The molecule has 2 saturated carbocycles. The molecular formula is C30H33N5O2. The normalized spacial score (nSPS) is 23.4. The van der Waals surface area contributed by atoms with Gasteiger partial charge in [0.15, 0.2) is 0 Å². The third-order valence-electron chi connectivity index (χ3n) is 9.08. The van der Waals surface area contributed by atoms with Crippen LogP contribution in [0.4, 0.5) is 5.69 Å². The second-order valence-corrected chi connectivity index (χ2v) is 11.2. The Morgan fingerprint density at radius 1 is 1.14 bits per heavy atom. The number of nitrogens with one attached hydrogen (secondary N) is 1. The fourth-order valence-electron chi connectivity index (χ4n) is 7.09. The number of amides is 2. The van der Waals surface area contributed by atoms with Crippen molar-refractivity contribution < 1.29 is 9.59 Å². The first-order chi connectivity index (χ1) is 17.9. The Morgan fingerprint density at radius 2 is 1.95 bits per heavy atom. The summed E-state index contributed by atoms with van der Waals surface area (Å²) in [6.07, 6.45) is 10.7. The van der Waals surface area contributed by atoms with Crippen molar-refractivity contribution in [1.82, 2.24) is 14.5 Å². The van der Waals surface area contributed by atoms with Crippen molar-refractivity contribution in [2.75, 3.05) is 18.4 Å². The van der Waals surface area contributed by atoms with Crippen molar-refractivity contribution >= 4 is 28.5 Å². The van der Waals surface area contributed by atoms with E-state index >= 15 is 0 Å². The number of pyridine rings is 1. The van der Waals surface area contributed by atoms with E-state index in [1.807, 2.05) is 14.0 Å². The Labute approximate surface area is 217 Å². The lowest BCUT2D eigenvalue weighted by Gasteiger charge is -2.35. The minimum atomic E-state index is -0.258. The van der Waals surface area contributed by atoms with E-state index in [9.17, 15) is 9.59 Å². The fourth-order valence-corrected chi connectivity index (χ4v) is 7.09. The molecule has 3 heterocycles. The molecule has 190 valence electrons. The van der Waals surface area contributed by atoms with Gasteiger partial charge >= 0.3 is 0 Å². The van der Waals surface area contributed by atoms with Gasteiger partial charge in [0, 0.05) is 43.2 Å². The number of nitriles is 1. The van der Waals surface area contributed by atoms with Gasteiger partial charge in [-0.1, -0.05) is 12.5 Å². The first-order valence-electron chi connectivity index (χ1n) is 13.5. The van der Waals surface area contributed by atoms with E-state index in [1.165, 1.54) is 24.8 Å². The highest BCUT2D eigenvalue weighted by molar-refractivity contribution is 6.06. The van der Waals surface area contributed by atoms with Crippen LogP contribution in [0.25, 0.3) is 11.0 Å². The van der Waals surface area contributed by atoms with Crippen LogP contribution >= 0.6 is 0 Å². The molecule has 2 aliphatic carbocycles. The Bertz CT molecular complexity index is 1430. The van der Waals surface area contributed by atoms with Crippen LogP contribution in [-0.2, 0) is 11.8 Å². The van der Waals surface area contributed by atoms with Gasteiger partial charge in [-0.25, -0.2) is 4.98 Å². The van der Waals surface area contributed by atoms with E-state index in [0.29, 0.717) is 34.6 Å². The highest BCUT2D eigenvalue weighted by Gasteiger charge is 2.44. The largest absolute Gasteiger partial charge is 0.342 e. The molecule has 3 fully saturated rings. The summed E-state index contributed by atoms with van der Waals surface area (Å²) in [5.74, 6) is 2.16. The van der Waals surface area contributed by atoms with Gasteiger partial charge in [0.25, 0.3) is 5.91 Å². The summed E-state index contributed by atoms with van der Waals surface area (Å²) in [7, 11) is 2.01. The zero-order chi connectivity index (χ0) is 25.7. The van der Waals surface area contributed by atoms with E-state index < -0.39 is 0 Å². The Morgan fingerprint density at radius 3 is 2.65 bits per heavy atom. The van der Waals surface area contributed by atoms with Crippen LogP contribution in [0.3, 0.4) is 0 Å². The summed E-state index contributed by atoms with van der Waals surface area (Å²) >= 11 is 0. The number of anilines is 1. The molecule has 2 bridgehead atoms. The summed E-state index contributed by atoms with van der Waals surface area (Å²) in [5, 5.41) is 13.3. The van der Waals surface area contributed by atoms with E-state index in [1.54, 1.807) is 30.5 Å². The van der Waals surface area contributed by atoms with E-state index in [-0.39, 0.29) is 11.8 Å². The summed E-state index contributed by atoms with van der Waals surface area (Å²) in [4.78, 5) is 33.0. The predicted octanol–water partition coefficient (Wildman–Crippen LogP) is 5.15. The van der Waals surface area contributed by atoms with Gasteiger partial charge < -0.3 is 14.8 Å². The zero-order valence-electron chi connectivity index (χ0n) is 21.5. The van der Waals surface area contributed by atoms with Crippen LogP contribution < -0.4 is 5.32 Å². The number of benzene rings is 1. The Hall–Kier alpha value is -3.66. The third kappa shape index (κ3) is 4.19. The van der Waals surface area contributed by atoms with E-state index in [2.05, 4.69) is 32.0 Å². The number of likely N-dealkylation sites (tertiary alicyclic amines) is 1. The molecule has 3 aliphatic rings. The lowest BCUT2D eigenvalue weighted by molar-refractivity contribution is -0.138. The Balaban J connectivity index is 1.21. The molecule has 2 aromatic heterocycles. The molecule has 2 amide bonds. The van der Waals surface area contributed by atoms with Gasteiger partial charge in [-0.15, -0.1) is 0 Å². The maximum Gasteiger partial charge on any atom is 0.255 e. The van der Waals surface area contributed by atoms with Crippen LogP contribution in [0.5, 0.6) is 0 Å². The molecule has 37 heavy (non-hydrogen) atoms. The molecule has 1 aliphatic heterocycles. The lowest BCUT2D eigenvalue weighted by atomic mass is 9.85. The molecule has 2 unspecified atom stereocenters. The number of aromatic nitrogens is 2. The number of nitrogens with zero attached hydrogens (tertiary/aromatic N) is 4. The second kappa shape index (κ2) is 9.33. The molecule has 7 heteroatoms. The van der Waals surface area contributed by atoms with Crippen molar-refractivity contribution in [2.45, 2.75) is 51.4 Å². The minimum Gasteiger partial charge on any atom is -0.342 e. The monoisotopic (exact) mass is 495 g/mol. The molecule has 0 spiro atoms. The van der Waals surface area contributed by atoms with E-state index in [4.69, 9.17) is 5.26 Å². The number of aryl methyl sites for hydroxylation is 2. The number of hydrogen-bond donors (Lipinski definition) is 1. The number of piperidine rings is 1. The summed E-state index contributed by atoms with van der Waals surface area (Å²) in [6, 6.07) is 8.78. The van der Waals surface area contributed by atoms with Crippen molar-refractivity contribution in [2.24, 2.45) is 24.8 Å². The van der Waals surface area contributed by atoms with Gasteiger partial charge in [0.2, 0.25) is 5.91 Å². The minimum absolute atomic E-state index is 0.258. The van der Waals surface area contributed by atoms with Gasteiger partial charge in [-0.05, 0) is 86.1 Å². The van der Waals surface area contributed by atoms with Crippen LogP contribution in [-0.4, -0.2) is 39.4 Å². The van der Waals surface area contributed by atoms with Crippen molar-refractivity contribution in [3.8, 4) is 6.07 Å². The van der Waals surface area contributed by atoms with Crippen LogP contribution in [0.2, 0.25) is 0 Å². The third-order valence-corrected chi connectivity index (χ3v) is 9.08. The molecule has 0 radical (unpaired) electrons. The Kier molecular flexibility index (Phi) is 5.98. The van der Waals surface area contributed by atoms with Gasteiger partial charge in [0.1, 0.15) is 5.65 Å². The number of fused-ring (bicyclic) bond motifs is 3. The van der Waals surface area contributed by atoms with Gasteiger partial charge in [0.05, 0.1) is 23.5 Å². The van der Waals surface area contributed by atoms with Crippen LogP contribution in [0, 0.1) is 36.0 Å². The lowest BCUT2D eigenvalue weighted by Crippen LogP contribution is -2.42. The number of carbonyl (C=O) groups is 2. The summed E-state index contributed by atoms with van der Waals surface area (Å²) < 4.78 is 2.06. The highest BCUT2D eigenvalue weighted by atomic mass is 16.2. The van der Waals surface area contributed by atoms with Gasteiger partial charge in [-0.2, -0.15) is 5.26 Å². The maximum atomic E-state index is 13.3. The second-order valence-electron chi connectivity index (χ2n) is 11.2. The zero-order valence-corrected chi connectivity index (χ0v) is 21.5. The van der Waals surface area contributed by atoms with E-state index in [0.717, 1.165) is 54.9 Å². The average Bonchev–Trinajstić information content (AvgIpc) is 3.65. The first-order valence-corrected chi connectivity index (χ1v) is 13.5. The van der Waals surface area contributed by atoms with Crippen molar-refractivity contribution in [3.63, 3.8) is 0 Å². The summed E-state index contributed by atoms with van der Waals surface area (Å²) in [5.41, 5.74) is 4.71. The molecule has 1 aromatic carbocycles. The summed E-state index contributed by atoms with van der Waals surface area (Å²) in [6.45, 7) is 3.65. The SMILES string of the molecule is Cc1c(NC(=O)c2cccc(C#N)c2)cnc2c1c(C1CCN(C(=O)C3CC4CC[C@H]3C4)CC1)cn2C. The average molecular weight is 496 g/mol. The molecular weight excluding hydrogens is 462 g/mol. The van der Waals surface area contributed by atoms with Gasteiger partial charge in [-0.3, -0.25) is 9.59 Å².